The summed E-state index contributed by atoms with van der Waals surface area (Å²) in [4.78, 5) is 10.2. The number of hydrogen-bond donors (Lipinski definition) is 0. The summed E-state index contributed by atoms with van der Waals surface area (Å²) in [6, 6.07) is 0. The van der Waals surface area contributed by atoms with Gasteiger partial charge in [0.1, 0.15) is 0 Å². The molecular formula is C6H19CaHfO2Si-3. The molecule has 0 aromatic rings. The molecule has 11 heavy (non-hydrogen) atoms. The standard InChI is InChI=1S/C3H9OSi.3CH3.Ca.Hf.H2O/c1-5(2,3)4;;;;;;/h1-3H3;3*1H3;;;1H2/q4*-1;+2;;/p-1. The molecular weight excluding hydrogens is 351 g/mol. The van der Waals surface area contributed by atoms with Crippen molar-refractivity contribution < 1.29 is 36.1 Å². The second-order valence-corrected chi connectivity index (χ2v) is 6.34. The second-order valence-electron chi connectivity index (χ2n) is 2.11. The molecule has 0 aliphatic rings. The van der Waals surface area contributed by atoms with Gasteiger partial charge in [0.05, 0.1) is 0 Å². The van der Waals surface area contributed by atoms with Crippen LogP contribution in [0.15, 0.2) is 0 Å². The van der Waals surface area contributed by atoms with Crippen LogP contribution in [0.5, 0.6) is 0 Å². The van der Waals surface area contributed by atoms with Gasteiger partial charge in [0.15, 0.2) is 0 Å². The van der Waals surface area contributed by atoms with E-state index < -0.39 is 8.32 Å². The summed E-state index contributed by atoms with van der Waals surface area (Å²) in [6.45, 7) is 5.31. The van der Waals surface area contributed by atoms with Crippen LogP contribution in [0.2, 0.25) is 19.6 Å². The molecule has 0 saturated heterocycles. The molecule has 68 valence electrons. The van der Waals surface area contributed by atoms with Gasteiger partial charge in [-0.2, -0.15) is 0 Å². The first-order valence-electron chi connectivity index (χ1n) is 1.70. The SMILES string of the molecule is C[Si](C)(C)[O-].[CH3-].[CH3-].[CH3-].[Ca+2].[Hf].[OH-]. The van der Waals surface area contributed by atoms with Crippen molar-refractivity contribution in [2.45, 2.75) is 19.6 Å². The van der Waals surface area contributed by atoms with Crippen molar-refractivity contribution in [2.75, 3.05) is 0 Å². The normalized spacial score (nSPS) is 5.45. The molecule has 0 aromatic heterocycles. The minimum Gasteiger partial charge on any atom is -0.870 e. The average molecular weight is 370 g/mol. The fourth-order valence-corrected chi connectivity index (χ4v) is 0. The molecule has 0 aromatic carbocycles. The fraction of sp³-hybridized carbons (Fsp3) is 0.500. The Hall–Kier alpha value is 2.27. The molecule has 0 aliphatic carbocycles. The Morgan fingerprint density at radius 1 is 0.909 bits per heavy atom. The maximum absolute atomic E-state index is 10.2. The summed E-state index contributed by atoms with van der Waals surface area (Å²) in [7, 11) is -1.86. The summed E-state index contributed by atoms with van der Waals surface area (Å²) in [5.41, 5.74) is 0. The Bertz CT molecular complexity index is 36.1. The molecule has 0 fully saturated rings. The first-order valence-corrected chi connectivity index (χ1v) is 5.11. The molecule has 0 atom stereocenters. The van der Waals surface area contributed by atoms with Crippen LogP contribution < -0.4 is 4.80 Å². The molecule has 5 heteroatoms. The third-order valence-electron chi connectivity index (χ3n) is 0. The Labute approximate surface area is 122 Å². The van der Waals surface area contributed by atoms with E-state index in [2.05, 4.69) is 0 Å². The predicted octanol–water partition coefficient (Wildman–Crippen LogP) is 0.972. The zero-order chi connectivity index (χ0) is 4.50. The van der Waals surface area contributed by atoms with Crippen molar-refractivity contribution in [1.29, 1.82) is 0 Å². The van der Waals surface area contributed by atoms with E-state index in [0.717, 1.165) is 0 Å². The van der Waals surface area contributed by atoms with E-state index in [1.165, 1.54) is 0 Å². The van der Waals surface area contributed by atoms with Crippen LogP contribution >= 0.6 is 0 Å². The second kappa shape index (κ2) is 22.8. The maximum Gasteiger partial charge on any atom is 2.00 e. The van der Waals surface area contributed by atoms with Gasteiger partial charge >= 0.3 is 37.7 Å². The summed E-state index contributed by atoms with van der Waals surface area (Å²) in [5.74, 6) is 0. The molecule has 0 heterocycles. The van der Waals surface area contributed by atoms with Crippen LogP contribution in [0, 0.1) is 22.3 Å². The molecule has 0 bridgehead atoms. The number of rotatable bonds is 0. The molecule has 0 rings (SSSR count). The van der Waals surface area contributed by atoms with Gasteiger partial charge in [0, 0.05) is 25.8 Å². The summed E-state index contributed by atoms with van der Waals surface area (Å²) in [6.07, 6.45) is 0. The average Bonchev–Trinajstić information content (AvgIpc) is 0.722. The molecule has 0 spiro atoms. The molecule has 0 amide bonds. The summed E-state index contributed by atoms with van der Waals surface area (Å²) >= 11 is 0. The monoisotopic (exact) mass is 371 g/mol. The summed E-state index contributed by atoms with van der Waals surface area (Å²) in [5, 5.41) is 0. The van der Waals surface area contributed by atoms with E-state index >= 15 is 0 Å². The van der Waals surface area contributed by atoms with Crippen LogP contribution in [0.25, 0.3) is 0 Å². The van der Waals surface area contributed by atoms with Crippen LogP contribution in [-0.2, 0) is 25.8 Å². The van der Waals surface area contributed by atoms with E-state index in [-0.39, 0.29) is 91.3 Å². The van der Waals surface area contributed by atoms with Crippen molar-refractivity contribution >= 4 is 46.1 Å². The first-order chi connectivity index (χ1) is 2.00. The quantitative estimate of drug-likeness (QED) is 0.472. The van der Waals surface area contributed by atoms with Crippen molar-refractivity contribution in [1.82, 2.24) is 0 Å². The Balaban J connectivity index is -0.00000000533. The predicted molar refractivity (Wildman–Crippen MR) is 50.3 cm³/mol. The largest absolute Gasteiger partial charge is 2.00 e. The fourth-order valence-electron chi connectivity index (χ4n) is 0. The van der Waals surface area contributed by atoms with Crippen molar-refractivity contribution in [2.24, 2.45) is 0 Å². The van der Waals surface area contributed by atoms with E-state index in [9.17, 15) is 4.80 Å². The molecule has 1 N–H and O–H groups in total. The van der Waals surface area contributed by atoms with Gasteiger partial charge < -0.3 is 32.6 Å². The van der Waals surface area contributed by atoms with Gasteiger partial charge in [-0.25, -0.2) is 0 Å². The van der Waals surface area contributed by atoms with E-state index in [1.54, 1.807) is 19.6 Å². The Kier molecular flexibility index (Phi) is 105. The zero-order valence-corrected chi connectivity index (χ0v) is 15.4. The topological polar surface area (TPSA) is 53.1 Å². The van der Waals surface area contributed by atoms with Gasteiger partial charge in [0.2, 0.25) is 0 Å². The Morgan fingerprint density at radius 2 is 0.909 bits per heavy atom. The molecule has 2 nitrogen and oxygen atoms in total. The van der Waals surface area contributed by atoms with E-state index in [0.29, 0.717) is 0 Å². The van der Waals surface area contributed by atoms with Crippen LogP contribution in [0.3, 0.4) is 0 Å². The van der Waals surface area contributed by atoms with Crippen molar-refractivity contribution in [3.05, 3.63) is 22.3 Å². The zero-order valence-electron chi connectivity index (χ0n) is 8.56. The van der Waals surface area contributed by atoms with Crippen molar-refractivity contribution in [3.63, 3.8) is 0 Å². The molecule has 0 aliphatic heterocycles. The molecule has 0 saturated carbocycles. The third kappa shape index (κ3) is 252. The van der Waals surface area contributed by atoms with Crippen LogP contribution in [-0.4, -0.2) is 51.5 Å². The minimum atomic E-state index is -1.86. The smallest absolute Gasteiger partial charge is 0.870 e. The molecule has 0 unspecified atom stereocenters. The first kappa shape index (κ1) is 50.8. The number of hydrogen-bond acceptors (Lipinski definition) is 2. The van der Waals surface area contributed by atoms with E-state index in [4.69, 9.17) is 0 Å². The van der Waals surface area contributed by atoms with Crippen molar-refractivity contribution in [3.8, 4) is 0 Å². The third-order valence-corrected chi connectivity index (χ3v) is 0. The van der Waals surface area contributed by atoms with E-state index in [1.807, 2.05) is 0 Å². The van der Waals surface area contributed by atoms with Crippen LogP contribution in [0.1, 0.15) is 0 Å². The van der Waals surface area contributed by atoms with Gasteiger partial charge in [-0.05, 0) is 0 Å². The van der Waals surface area contributed by atoms with Gasteiger partial charge in [0.25, 0.3) is 0 Å². The van der Waals surface area contributed by atoms with Crippen LogP contribution in [0.4, 0.5) is 0 Å². The minimum absolute atomic E-state index is 0. The van der Waals surface area contributed by atoms with Gasteiger partial charge in [-0.15, -0.1) is 0 Å². The maximum atomic E-state index is 10.2. The molecule has 0 radical (unpaired) electrons. The summed E-state index contributed by atoms with van der Waals surface area (Å²) < 4.78 is 0. The van der Waals surface area contributed by atoms with Gasteiger partial charge in [-0.1, -0.05) is 28.0 Å². The Morgan fingerprint density at radius 3 is 0.909 bits per heavy atom. The van der Waals surface area contributed by atoms with Gasteiger partial charge in [-0.3, -0.25) is 0 Å².